The highest BCUT2D eigenvalue weighted by atomic mass is 32.1. The van der Waals surface area contributed by atoms with E-state index >= 15 is 0 Å². The summed E-state index contributed by atoms with van der Waals surface area (Å²) >= 11 is 6.69. The quantitative estimate of drug-likeness (QED) is 0.866. The van der Waals surface area contributed by atoms with Gasteiger partial charge >= 0.3 is 0 Å². The molecule has 4 nitrogen and oxygen atoms in total. The molecule has 0 aromatic carbocycles. The lowest BCUT2D eigenvalue weighted by molar-refractivity contribution is 0.0544. The fourth-order valence-corrected chi connectivity index (χ4v) is 3.29. The molecule has 1 amide bonds. The average Bonchev–Trinajstić information content (AvgIpc) is 2.84. The summed E-state index contributed by atoms with van der Waals surface area (Å²) in [4.78, 5) is 19.0. The van der Waals surface area contributed by atoms with Crippen molar-refractivity contribution in [2.75, 3.05) is 26.2 Å². The lowest BCUT2D eigenvalue weighted by Crippen LogP contribution is -2.59. The van der Waals surface area contributed by atoms with E-state index in [1.165, 1.54) is 4.88 Å². The first kappa shape index (κ1) is 15.4. The molecule has 6 heteroatoms. The van der Waals surface area contributed by atoms with Gasteiger partial charge in [-0.25, -0.2) is 0 Å². The SMILES string of the molecule is Cc1ccc(C(=O)N2CCN(C(C)(C)C(N)=S)CC2)s1. The maximum absolute atomic E-state index is 12.4. The fraction of sp³-hybridized carbons (Fsp3) is 0.571. The van der Waals surface area contributed by atoms with Crippen molar-refractivity contribution in [2.45, 2.75) is 26.3 Å². The molecule has 0 aliphatic carbocycles. The van der Waals surface area contributed by atoms with Gasteiger partial charge in [0.25, 0.3) is 5.91 Å². The number of nitrogens with zero attached hydrogens (tertiary/aromatic N) is 2. The summed E-state index contributed by atoms with van der Waals surface area (Å²) in [5.41, 5.74) is 5.51. The number of nitrogens with two attached hydrogens (primary N) is 1. The molecule has 20 heavy (non-hydrogen) atoms. The Bertz CT molecular complexity index is 516. The third kappa shape index (κ3) is 3.02. The predicted octanol–water partition coefficient (Wildman–Crippen LogP) is 1.88. The normalized spacial score (nSPS) is 17.2. The summed E-state index contributed by atoms with van der Waals surface area (Å²) < 4.78 is 0. The van der Waals surface area contributed by atoms with Gasteiger partial charge in [0, 0.05) is 31.1 Å². The van der Waals surface area contributed by atoms with Gasteiger partial charge in [0.1, 0.15) is 0 Å². The van der Waals surface area contributed by atoms with Gasteiger partial charge in [-0.1, -0.05) is 12.2 Å². The van der Waals surface area contributed by atoms with Gasteiger partial charge in [-0.3, -0.25) is 9.69 Å². The number of carbonyl (C=O) groups is 1. The highest BCUT2D eigenvalue weighted by Gasteiger charge is 2.33. The Morgan fingerprint density at radius 1 is 1.30 bits per heavy atom. The van der Waals surface area contributed by atoms with Crippen molar-refractivity contribution >= 4 is 34.5 Å². The highest BCUT2D eigenvalue weighted by Crippen LogP contribution is 2.21. The number of piperazine rings is 1. The van der Waals surface area contributed by atoms with Gasteiger partial charge < -0.3 is 10.6 Å². The molecule has 0 radical (unpaired) electrons. The molecular formula is C14H21N3OS2. The van der Waals surface area contributed by atoms with E-state index in [9.17, 15) is 4.79 Å². The van der Waals surface area contributed by atoms with Crippen LogP contribution in [0.5, 0.6) is 0 Å². The van der Waals surface area contributed by atoms with Gasteiger partial charge in [0.15, 0.2) is 0 Å². The van der Waals surface area contributed by atoms with Crippen LogP contribution in [0, 0.1) is 6.92 Å². The molecule has 1 saturated heterocycles. The summed E-state index contributed by atoms with van der Waals surface area (Å²) in [6.45, 7) is 9.15. The smallest absolute Gasteiger partial charge is 0.264 e. The monoisotopic (exact) mass is 311 g/mol. The van der Waals surface area contributed by atoms with Crippen molar-refractivity contribution in [3.05, 3.63) is 21.9 Å². The molecule has 0 unspecified atom stereocenters. The minimum absolute atomic E-state index is 0.135. The van der Waals surface area contributed by atoms with Crippen molar-refractivity contribution in [1.82, 2.24) is 9.80 Å². The third-order valence-corrected chi connectivity index (χ3v) is 5.40. The van der Waals surface area contributed by atoms with E-state index in [2.05, 4.69) is 4.90 Å². The van der Waals surface area contributed by atoms with Crippen LogP contribution in [0.15, 0.2) is 12.1 Å². The second-order valence-corrected chi connectivity index (χ2v) is 7.34. The van der Waals surface area contributed by atoms with Gasteiger partial charge in [-0.05, 0) is 32.9 Å². The molecule has 0 atom stereocenters. The Kier molecular flexibility index (Phi) is 4.46. The van der Waals surface area contributed by atoms with Crippen LogP contribution in [0.25, 0.3) is 0 Å². The lowest BCUT2D eigenvalue weighted by atomic mass is 10.0. The van der Waals surface area contributed by atoms with Crippen LogP contribution in [-0.2, 0) is 0 Å². The fourth-order valence-electron chi connectivity index (χ4n) is 2.33. The molecule has 1 aromatic rings. The summed E-state index contributed by atoms with van der Waals surface area (Å²) in [5.74, 6) is 0.135. The highest BCUT2D eigenvalue weighted by molar-refractivity contribution is 7.80. The second kappa shape index (κ2) is 5.79. The number of thiophene rings is 1. The standard InChI is InChI=1S/C14H21N3OS2/c1-10-4-5-11(20-10)12(18)16-6-8-17(9-7-16)14(2,3)13(15)19/h4-5H,6-9H2,1-3H3,(H2,15,19). The van der Waals surface area contributed by atoms with Crippen LogP contribution in [0.1, 0.15) is 28.4 Å². The van der Waals surface area contributed by atoms with E-state index in [1.807, 2.05) is 37.8 Å². The van der Waals surface area contributed by atoms with Gasteiger partial charge in [-0.15, -0.1) is 11.3 Å². The first-order valence-corrected chi connectivity index (χ1v) is 7.95. The average molecular weight is 311 g/mol. The number of thiocarbonyl (C=S) groups is 1. The zero-order valence-corrected chi connectivity index (χ0v) is 13.8. The Hall–Kier alpha value is -0.980. The van der Waals surface area contributed by atoms with Crippen LogP contribution in [-0.4, -0.2) is 52.4 Å². The van der Waals surface area contributed by atoms with E-state index in [0.717, 1.165) is 31.1 Å². The zero-order chi connectivity index (χ0) is 14.9. The van der Waals surface area contributed by atoms with E-state index in [4.69, 9.17) is 18.0 Å². The maximum Gasteiger partial charge on any atom is 0.264 e. The second-order valence-electron chi connectivity index (χ2n) is 5.61. The van der Waals surface area contributed by atoms with Crippen molar-refractivity contribution < 1.29 is 4.79 Å². The van der Waals surface area contributed by atoms with Crippen molar-refractivity contribution in [3.63, 3.8) is 0 Å². The minimum Gasteiger partial charge on any atom is -0.392 e. The topological polar surface area (TPSA) is 49.6 Å². The van der Waals surface area contributed by atoms with Gasteiger partial charge in [0.2, 0.25) is 0 Å². The van der Waals surface area contributed by atoms with Crippen LogP contribution in [0.3, 0.4) is 0 Å². The van der Waals surface area contributed by atoms with E-state index < -0.39 is 0 Å². The number of hydrogen-bond acceptors (Lipinski definition) is 4. The van der Waals surface area contributed by atoms with Crippen molar-refractivity contribution in [1.29, 1.82) is 0 Å². The number of carbonyl (C=O) groups excluding carboxylic acids is 1. The van der Waals surface area contributed by atoms with Crippen LogP contribution in [0.4, 0.5) is 0 Å². The summed E-state index contributed by atoms with van der Waals surface area (Å²) in [6, 6.07) is 3.90. The molecule has 2 heterocycles. The molecule has 110 valence electrons. The molecule has 2 N–H and O–H groups in total. The molecule has 0 saturated carbocycles. The van der Waals surface area contributed by atoms with Crippen LogP contribution < -0.4 is 5.73 Å². The summed E-state index contributed by atoms with van der Waals surface area (Å²) in [7, 11) is 0. The van der Waals surface area contributed by atoms with Crippen molar-refractivity contribution in [3.8, 4) is 0 Å². The van der Waals surface area contributed by atoms with Gasteiger partial charge in [-0.2, -0.15) is 0 Å². The molecule has 1 fully saturated rings. The number of amides is 1. The zero-order valence-electron chi connectivity index (χ0n) is 12.2. The Balaban J connectivity index is 1.98. The Morgan fingerprint density at radius 3 is 2.35 bits per heavy atom. The first-order valence-electron chi connectivity index (χ1n) is 6.73. The number of aryl methyl sites for hydroxylation is 1. The largest absolute Gasteiger partial charge is 0.392 e. The van der Waals surface area contributed by atoms with E-state index in [-0.39, 0.29) is 11.4 Å². The van der Waals surface area contributed by atoms with Crippen molar-refractivity contribution in [2.24, 2.45) is 5.73 Å². The van der Waals surface area contributed by atoms with Gasteiger partial charge in [0.05, 0.1) is 15.4 Å². The molecule has 0 bridgehead atoms. The molecule has 2 rings (SSSR count). The van der Waals surface area contributed by atoms with Crippen LogP contribution in [0.2, 0.25) is 0 Å². The third-order valence-electron chi connectivity index (χ3n) is 3.91. The predicted molar refractivity (Wildman–Crippen MR) is 87.4 cm³/mol. The molecule has 1 aromatic heterocycles. The maximum atomic E-state index is 12.4. The lowest BCUT2D eigenvalue weighted by Gasteiger charge is -2.43. The summed E-state index contributed by atoms with van der Waals surface area (Å²) in [6.07, 6.45) is 0. The number of hydrogen-bond donors (Lipinski definition) is 1. The molecule has 1 aliphatic heterocycles. The number of rotatable bonds is 3. The Morgan fingerprint density at radius 2 is 1.90 bits per heavy atom. The minimum atomic E-state index is -0.288. The van der Waals surface area contributed by atoms with Crippen LogP contribution >= 0.6 is 23.6 Å². The van der Waals surface area contributed by atoms with E-state index in [0.29, 0.717) is 4.99 Å². The molecule has 1 aliphatic rings. The molecule has 0 spiro atoms. The Labute approximate surface area is 129 Å². The first-order chi connectivity index (χ1) is 9.32. The summed E-state index contributed by atoms with van der Waals surface area (Å²) in [5, 5.41) is 0. The van der Waals surface area contributed by atoms with E-state index in [1.54, 1.807) is 11.3 Å². The molecular weight excluding hydrogens is 290 g/mol.